The Balaban J connectivity index is 1.46. The first-order chi connectivity index (χ1) is 17.5. The van der Waals surface area contributed by atoms with Gasteiger partial charge in [-0.05, 0) is 62.2 Å². The number of nitrogens with one attached hydrogen (secondary N) is 1. The molecular formula is C28H28N4O4S. The highest BCUT2D eigenvalue weighted by Gasteiger charge is 2.51. The molecule has 8 nitrogen and oxygen atoms in total. The van der Waals surface area contributed by atoms with Gasteiger partial charge in [-0.3, -0.25) is 4.79 Å². The van der Waals surface area contributed by atoms with Crippen molar-refractivity contribution in [1.82, 2.24) is 14.3 Å². The molecule has 0 saturated heterocycles. The molecule has 1 aliphatic heterocycles. The molecular weight excluding hydrogens is 488 g/mol. The highest BCUT2D eigenvalue weighted by Crippen LogP contribution is 2.45. The molecule has 0 fully saturated rings. The Morgan fingerprint density at radius 2 is 1.65 bits per heavy atom. The lowest BCUT2D eigenvalue weighted by Crippen LogP contribution is -2.41. The molecule has 1 amide bonds. The minimum Gasteiger partial charge on any atom is -0.372 e. The number of rotatable bonds is 6. The third kappa shape index (κ3) is 4.57. The number of amides is 1. The predicted octanol–water partition coefficient (Wildman–Crippen LogP) is 3.73. The summed E-state index contributed by atoms with van der Waals surface area (Å²) in [5.74, 6) is -0.490. The molecule has 0 bridgehead atoms. The summed E-state index contributed by atoms with van der Waals surface area (Å²) in [6, 6.07) is 20.7. The van der Waals surface area contributed by atoms with Crippen molar-refractivity contribution < 1.29 is 18.3 Å². The summed E-state index contributed by atoms with van der Waals surface area (Å²) in [4.78, 5) is 19.4. The maximum atomic E-state index is 13.7. The fourth-order valence-electron chi connectivity index (χ4n) is 4.58. The van der Waals surface area contributed by atoms with Gasteiger partial charge in [0.1, 0.15) is 0 Å². The van der Waals surface area contributed by atoms with Crippen LogP contribution in [0.4, 0.5) is 5.69 Å². The van der Waals surface area contributed by atoms with Gasteiger partial charge in [-0.25, -0.2) is 18.1 Å². The topological polar surface area (TPSA) is 105 Å². The van der Waals surface area contributed by atoms with Crippen molar-refractivity contribution in [3.05, 3.63) is 108 Å². The lowest BCUT2D eigenvalue weighted by molar-refractivity contribution is -0.132. The number of imidazole rings is 1. The first kappa shape index (κ1) is 24.9. The lowest BCUT2D eigenvalue weighted by Gasteiger charge is -2.24. The second kappa shape index (κ2) is 8.95. The summed E-state index contributed by atoms with van der Waals surface area (Å²) in [7, 11) is -3.76. The van der Waals surface area contributed by atoms with Crippen LogP contribution in [-0.4, -0.2) is 34.5 Å². The zero-order chi connectivity index (χ0) is 26.4. The van der Waals surface area contributed by atoms with Gasteiger partial charge in [0, 0.05) is 29.2 Å². The second-order valence-corrected chi connectivity index (χ2v) is 11.8. The lowest BCUT2D eigenvalue weighted by atomic mass is 9.87. The van der Waals surface area contributed by atoms with E-state index in [1.54, 1.807) is 56.4 Å². The van der Waals surface area contributed by atoms with Crippen LogP contribution in [0.1, 0.15) is 37.5 Å². The zero-order valence-corrected chi connectivity index (χ0v) is 21.6. The van der Waals surface area contributed by atoms with E-state index in [1.807, 2.05) is 41.1 Å². The number of para-hydroxylation sites is 1. The molecule has 2 heterocycles. The van der Waals surface area contributed by atoms with Crippen LogP contribution in [0.3, 0.4) is 0 Å². The second-order valence-electron chi connectivity index (χ2n) is 10.1. The van der Waals surface area contributed by atoms with Crippen LogP contribution in [0, 0.1) is 0 Å². The van der Waals surface area contributed by atoms with E-state index >= 15 is 0 Å². The van der Waals surface area contributed by atoms with Crippen LogP contribution in [-0.2, 0) is 27.0 Å². The van der Waals surface area contributed by atoms with Gasteiger partial charge in [-0.2, -0.15) is 0 Å². The first-order valence-corrected chi connectivity index (χ1v) is 13.3. The summed E-state index contributed by atoms with van der Waals surface area (Å²) in [6.45, 7) is 5.55. The number of anilines is 1. The van der Waals surface area contributed by atoms with Crippen molar-refractivity contribution in [3.63, 3.8) is 0 Å². The van der Waals surface area contributed by atoms with E-state index in [9.17, 15) is 18.3 Å². The molecule has 0 aliphatic carbocycles. The number of hydrogen-bond donors (Lipinski definition) is 2. The van der Waals surface area contributed by atoms with Crippen molar-refractivity contribution in [3.8, 4) is 5.69 Å². The van der Waals surface area contributed by atoms with Gasteiger partial charge in [0.2, 0.25) is 10.0 Å². The van der Waals surface area contributed by atoms with Gasteiger partial charge in [0.25, 0.3) is 5.91 Å². The summed E-state index contributed by atoms with van der Waals surface area (Å²) in [5, 5.41) is 11.8. The fraction of sp³-hybridized carbons (Fsp3) is 0.214. The molecule has 9 heteroatoms. The van der Waals surface area contributed by atoms with E-state index in [0.29, 0.717) is 16.8 Å². The molecule has 1 unspecified atom stereocenters. The standard InChI is InChI=1S/C28H28N4O4S/c1-27(2,3)30-37(35,36)23-14-10-21(11-15-23)28(34)24-6-4-5-7-25(24)32(26(28)33)18-20-8-12-22(13-9-20)31-17-16-29-19-31/h4-17,19,30,34H,18H2,1-3H3. The molecule has 2 N–H and O–H groups in total. The average Bonchev–Trinajstić information content (AvgIpc) is 3.47. The maximum Gasteiger partial charge on any atom is 0.268 e. The Bertz CT molecular complexity index is 1540. The molecule has 1 aromatic heterocycles. The molecule has 5 rings (SSSR count). The number of aromatic nitrogens is 2. The summed E-state index contributed by atoms with van der Waals surface area (Å²) < 4.78 is 29.9. The van der Waals surface area contributed by atoms with E-state index in [0.717, 1.165) is 11.3 Å². The largest absolute Gasteiger partial charge is 0.372 e. The number of nitrogens with zero attached hydrogens (tertiary/aromatic N) is 3. The molecule has 0 radical (unpaired) electrons. The van der Waals surface area contributed by atoms with E-state index in [-0.39, 0.29) is 11.4 Å². The monoisotopic (exact) mass is 516 g/mol. The number of benzene rings is 3. The maximum absolute atomic E-state index is 13.7. The molecule has 190 valence electrons. The van der Waals surface area contributed by atoms with E-state index in [1.165, 1.54) is 24.3 Å². The van der Waals surface area contributed by atoms with Crippen molar-refractivity contribution in [1.29, 1.82) is 0 Å². The van der Waals surface area contributed by atoms with E-state index in [4.69, 9.17) is 0 Å². The van der Waals surface area contributed by atoms with Crippen LogP contribution >= 0.6 is 0 Å². The molecule has 37 heavy (non-hydrogen) atoms. The molecule has 1 atom stereocenters. The molecule has 3 aromatic carbocycles. The highest BCUT2D eigenvalue weighted by atomic mass is 32.2. The van der Waals surface area contributed by atoms with Crippen molar-refractivity contribution in [2.75, 3.05) is 4.90 Å². The van der Waals surface area contributed by atoms with Gasteiger partial charge in [-0.15, -0.1) is 0 Å². The quantitative estimate of drug-likeness (QED) is 0.406. The SMILES string of the molecule is CC(C)(C)NS(=O)(=O)c1ccc(C2(O)C(=O)N(Cc3ccc(-n4ccnc4)cc3)c3ccccc32)cc1. The fourth-order valence-corrected chi connectivity index (χ4v) is 5.99. The van der Waals surface area contributed by atoms with Gasteiger partial charge < -0.3 is 14.6 Å². The third-order valence-electron chi connectivity index (χ3n) is 6.24. The molecule has 1 aliphatic rings. The number of hydrogen-bond acceptors (Lipinski definition) is 5. The first-order valence-electron chi connectivity index (χ1n) is 11.8. The third-order valence-corrected chi connectivity index (χ3v) is 8.02. The minimum absolute atomic E-state index is 0.0587. The van der Waals surface area contributed by atoms with Gasteiger partial charge in [0.15, 0.2) is 5.60 Å². The normalized spacial score (nSPS) is 17.7. The smallest absolute Gasteiger partial charge is 0.268 e. The minimum atomic E-state index is -3.76. The van der Waals surface area contributed by atoms with Gasteiger partial charge >= 0.3 is 0 Å². The van der Waals surface area contributed by atoms with E-state index in [2.05, 4.69) is 9.71 Å². The van der Waals surface area contributed by atoms with Gasteiger partial charge in [-0.1, -0.05) is 42.5 Å². The zero-order valence-electron chi connectivity index (χ0n) is 20.8. The Morgan fingerprint density at radius 1 is 0.973 bits per heavy atom. The van der Waals surface area contributed by atoms with Crippen LogP contribution in [0.25, 0.3) is 5.69 Å². The Hall–Kier alpha value is -3.79. The Labute approximate surface area is 216 Å². The summed E-state index contributed by atoms with van der Waals surface area (Å²) >= 11 is 0. The predicted molar refractivity (Wildman–Crippen MR) is 141 cm³/mol. The van der Waals surface area contributed by atoms with Crippen LogP contribution in [0.15, 0.2) is 96.4 Å². The summed E-state index contributed by atoms with van der Waals surface area (Å²) in [5.41, 5.74) is 0.629. The molecule has 0 spiro atoms. The van der Waals surface area contributed by atoms with Crippen molar-refractivity contribution in [2.24, 2.45) is 0 Å². The Morgan fingerprint density at radius 3 is 2.27 bits per heavy atom. The molecule has 4 aromatic rings. The molecule has 0 saturated carbocycles. The van der Waals surface area contributed by atoms with Crippen LogP contribution in [0.5, 0.6) is 0 Å². The van der Waals surface area contributed by atoms with Gasteiger partial charge in [0.05, 0.1) is 23.5 Å². The number of carbonyl (C=O) groups excluding carboxylic acids is 1. The van der Waals surface area contributed by atoms with Crippen LogP contribution in [0.2, 0.25) is 0 Å². The Kier molecular flexibility index (Phi) is 6.02. The number of sulfonamides is 1. The summed E-state index contributed by atoms with van der Waals surface area (Å²) in [6.07, 6.45) is 5.27. The van der Waals surface area contributed by atoms with E-state index < -0.39 is 27.1 Å². The van der Waals surface area contributed by atoms with Crippen LogP contribution < -0.4 is 9.62 Å². The number of fused-ring (bicyclic) bond motifs is 1. The van der Waals surface area contributed by atoms with Crippen molar-refractivity contribution >= 4 is 21.6 Å². The number of carbonyl (C=O) groups is 1. The van der Waals surface area contributed by atoms with Crippen molar-refractivity contribution in [2.45, 2.75) is 43.4 Å². The highest BCUT2D eigenvalue weighted by molar-refractivity contribution is 7.89. The average molecular weight is 517 g/mol. The number of aliphatic hydroxyl groups is 1.